The van der Waals surface area contributed by atoms with Crippen molar-refractivity contribution in [2.24, 2.45) is 0 Å². The quantitative estimate of drug-likeness (QED) is 0.843. The van der Waals surface area contributed by atoms with Crippen LogP contribution in [0, 0.1) is 25.2 Å². The van der Waals surface area contributed by atoms with Crippen LogP contribution < -0.4 is 0 Å². The first-order valence-electron chi connectivity index (χ1n) is 5.26. The minimum absolute atomic E-state index is 0.176. The number of rotatable bonds is 4. The summed E-state index contributed by atoms with van der Waals surface area (Å²) in [6.07, 6.45) is 1.51. The highest BCUT2D eigenvalue weighted by atomic mass is 16.4. The maximum absolute atomic E-state index is 10.4. The fraction of sp³-hybridized carbons (Fsp3) is 0.385. The van der Waals surface area contributed by atoms with E-state index in [2.05, 4.69) is 6.07 Å². The van der Waals surface area contributed by atoms with Gasteiger partial charge < -0.3 is 5.11 Å². The predicted molar refractivity (Wildman–Crippen MR) is 61.2 cm³/mol. The molecule has 0 aliphatic heterocycles. The Hall–Kier alpha value is -1.82. The van der Waals surface area contributed by atoms with Crippen molar-refractivity contribution in [3.05, 3.63) is 34.4 Å². The molecule has 16 heavy (non-hydrogen) atoms. The van der Waals surface area contributed by atoms with Crippen LogP contribution in [0.4, 0.5) is 0 Å². The van der Waals surface area contributed by atoms with Crippen LogP contribution in [0.2, 0.25) is 0 Å². The first-order valence-corrected chi connectivity index (χ1v) is 5.26. The Balaban J connectivity index is 2.83. The average Bonchev–Trinajstić information content (AvgIpc) is 2.23. The molecule has 0 spiro atoms. The lowest BCUT2D eigenvalue weighted by Gasteiger charge is -2.08. The molecule has 3 nitrogen and oxygen atoms in total. The summed E-state index contributed by atoms with van der Waals surface area (Å²) in [4.78, 5) is 10.4. The molecule has 0 heterocycles. The summed E-state index contributed by atoms with van der Waals surface area (Å²) in [5.74, 6) is -0.772. The van der Waals surface area contributed by atoms with Crippen molar-refractivity contribution in [1.82, 2.24) is 0 Å². The molecule has 0 saturated carbocycles. The van der Waals surface area contributed by atoms with E-state index < -0.39 is 5.97 Å². The highest BCUT2D eigenvalue weighted by molar-refractivity contribution is 5.66. The normalized spacial score (nSPS) is 9.81. The maximum atomic E-state index is 10.4. The van der Waals surface area contributed by atoms with Crippen molar-refractivity contribution >= 4 is 5.97 Å². The van der Waals surface area contributed by atoms with E-state index in [1.165, 1.54) is 0 Å². The third-order valence-corrected chi connectivity index (χ3v) is 2.74. The summed E-state index contributed by atoms with van der Waals surface area (Å²) in [5, 5.41) is 17.4. The number of carboxylic acids is 1. The van der Waals surface area contributed by atoms with E-state index in [1.807, 2.05) is 26.0 Å². The molecule has 0 saturated heterocycles. The second-order valence-corrected chi connectivity index (χ2v) is 3.94. The number of aryl methyl sites for hydroxylation is 2. The van der Waals surface area contributed by atoms with Crippen LogP contribution in [0.15, 0.2) is 12.1 Å². The largest absolute Gasteiger partial charge is 0.481 e. The van der Waals surface area contributed by atoms with E-state index in [0.29, 0.717) is 18.4 Å². The lowest BCUT2D eigenvalue weighted by Crippen LogP contribution is -1.99. The Morgan fingerprint density at radius 2 is 2.12 bits per heavy atom. The summed E-state index contributed by atoms with van der Waals surface area (Å²) < 4.78 is 0. The summed E-state index contributed by atoms with van der Waals surface area (Å²) in [6, 6.07) is 5.83. The van der Waals surface area contributed by atoms with Gasteiger partial charge in [-0.05, 0) is 55.5 Å². The van der Waals surface area contributed by atoms with Gasteiger partial charge >= 0.3 is 5.97 Å². The van der Waals surface area contributed by atoms with Crippen molar-refractivity contribution < 1.29 is 9.90 Å². The summed E-state index contributed by atoms with van der Waals surface area (Å²) in [7, 11) is 0. The molecule has 1 N–H and O–H groups in total. The van der Waals surface area contributed by atoms with E-state index >= 15 is 0 Å². The van der Waals surface area contributed by atoms with Crippen LogP contribution in [-0.2, 0) is 11.2 Å². The fourth-order valence-electron chi connectivity index (χ4n) is 1.69. The van der Waals surface area contributed by atoms with E-state index in [9.17, 15) is 4.79 Å². The minimum Gasteiger partial charge on any atom is -0.481 e. The number of aliphatic carboxylic acids is 1. The van der Waals surface area contributed by atoms with Gasteiger partial charge in [-0.2, -0.15) is 5.26 Å². The van der Waals surface area contributed by atoms with E-state index in [-0.39, 0.29) is 6.42 Å². The number of nitrogens with zero attached hydrogens (tertiary/aromatic N) is 1. The average molecular weight is 217 g/mol. The summed E-state index contributed by atoms with van der Waals surface area (Å²) in [5.41, 5.74) is 3.97. The van der Waals surface area contributed by atoms with Crippen LogP contribution in [0.5, 0.6) is 0 Å². The van der Waals surface area contributed by atoms with Crippen molar-refractivity contribution in [2.45, 2.75) is 33.1 Å². The zero-order valence-electron chi connectivity index (χ0n) is 9.58. The molecule has 0 radical (unpaired) electrons. The molecule has 0 amide bonds. The molecule has 0 aliphatic carbocycles. The summed E-state index contributed by atoms with van der Waals surface area (Å²) >= 11 is 0. The zero-order valence-corrected chi connectivity index (χ0v) is 9.58. The van der Waals surface area contributed by atoms with Crippen LogP contribution in [0.3, 0.4) is 0 Å². The molecule has 0 aliphatic rings. The van der Waals surface area contributed by atoms with Gasteiger partial charge in [0.2, 0.25) is 0 Å². The second-order valence-electron chi connectivity index (χ2n) is 3.94. The molecule has 0 bridgehead atoms. The van der Waals surface area contributed by atoms with E-state index in [1.54, 1.807) is 0 Å². The van der Waals surface area contributed by atoms with Crippen molar-refractivity contribution in [2.75, 3.05) is 0 Å². The molecule has 0 fully saturated rings. The first-order chi connectivity index (χ1) is 7.54. The standard InChI is InChI=1S/C13H15NO2/c1-9-6-11(8-14)7-12(10(9)2)4-3-5-13(15)16/h6-7H,3-5H2,1-2H3,(H,15,16). The monoisotopic (exact) mass is 217 g/mol. The number of nitriles is 1. The highest BCUT2D eigenvalue weighted by Crippen LogP contribution is 2.18. The van der Waals surface area contributed by atoms with Gasteiger partial charge in [-0.1, -0.05) is 0 Å². The minimum atomic E-state index is -0.772. The van der Waals surface area contributed by atoms with Gasteiger partial charge in [-0.25, -0.2) is 0 Å². The van der Waals surface area contributed by atoms with Crippen LogP contribution in [-0.4, -0.2) is 11.1 Å². The van der Waals surface area contributed by atoms with E-state index in [0.717, 1.165) is 16.7 Å². The Kier molecular flexibility index (Phi) is 4.07. The molecule has 1 aromatic carbocycles. The third kappa shape index (κ3) is 3.09. The summed E-state index contributed by atoms with van der Waals surface area (Å²) in [6.45, 7) is 3.98. The predicted octanol–water partition coefficient (Wildman–Crippen LogP) is 2.58. The third-order valence-electron chi connectivity index (χ3n) is 2.74. The van der Waals surface area contributed by atoms with Gasteiger partial charge in [0.15, 0.2) is 0 Å². The van der Waals surface area contributed by atoms with Gasteiger partial charge in [0.05, 0.1) is 11.6 Å². The molecule has 1 aromatic rings. The lowest BCUT2D eigenvalue weighted by molar-refractivity contribution is -0.137. The van der Waals surface area contributed by atoms with Gasteiger partial charge in [-0.3, -0.25) is 4.79 Å². The highest BCUT2D eigenvalue weighted by Gasteiger charge is 2.05. The van der Waals surface area contributed by atoms with Gasteiger partial charge in [0, 0.05) is 6.42 Å². The van der Waals surface area contributed by atoms with Crippen LogP contribution in [0.1, 0.15) is 35.1 Å². The molecular weight excluding hydrogens is 202 g/mol. The zero-order chi connectivity index (χ0) is 12.1. The maximum Gasteiger partial charge on any atom is 0.303 e. The molecule has 3 heteroatoms. The van der Waals surface area contributed by atoms with Crippen molar-refractivity contribution in [1.29, 1.82) is 5.26 Å². The van der Waals surface area contributed by atoms with Gasteiger partial charge in [-0.15, -0.1) is 0 Å². The molecule has 0 unspecified atom stereocenters. The van der Waals surface area contributed by atoms with E-state index in [4.69, 9.17) is 10.4 Å². The van der Waals surface area contributed by atoms with Crippen molar-refractivity contribution in [3.63, 3.8) is 0 Å². The number of carboxylic acid groups (broad SMARTS) is 1. The molecule has 1 rings (SSSR count). The topological polar surface area (TPSA) is 61.1 Å². The molecular formula is C13H15NO2. The number of hydrogen-bond acceptors (Lipinski definition) is 2. The Bertz CT molecular complexity index is 444. The SMILES string of the molecule is Cc1cc(C#N)cc(CCCC(=O)O)c1C. The molecule has 0 aromatic heterocycles. The van der Waals surface area contributed by atoms with Gasteiger partial charge in [0.25, 0.3) is 0 Å². The number of benzene rings is 1. The fourth-order valence-corrected chi connectivity index (χ4v) is 1.69. The smallest absolute Gasteiger partial charge is 0.303 e. The second kappa shape index (κ2) is 5.32. The van der Waals surface area contributed by atoms with Gasteiger partial charge in [0.1, 0.15) is 0 Å². The Morgan fingerprint density at radius 3 is 2.69 bits per heavy atom. The van der Waals surface area contributed by atoms with Crippen molar-refractivity contribution in [3.8, 4) is 6.07 Å². The number of carbonyl (C=O) groups is 1. The number of hydrogen-bond donors (Lipinski definition) is 1. The Morgan fingerprint density at radius 1 is 1.44 bits per heavy atom. The lowest BCUT2D eigenvalue weighted by atomic mass is 9.96. The first kappa shape index (κ1) is 12.3. The molecule has 84 valence electrons. The Labute approximate surface area is 95.3 Å². The van der Waals surface area contributed by atoms with Crippen LogP contribution in [0.25, 0.3) is 0 Å². The molecule has 0 atom stereocenters. The van der Waals surface area contributed by atoms with Crippen LogP contribution >= 0.6 is 0 Å².